The lowest BCUT2D eigenvalue weighted by Gasteiger charge is -2.17. The second kappa shape index (κ2) is 7.23. The summed E-state index contributed by atoms with van der Waals surface area (Å²) in [5.74, 6) is -1.45. The summed E-state index contributed by atoms with van der Waals surface area (Å²) in [5.41, 5.74) is -0.0335. The third-order valence-corrected chi connectivity index (χ3v) is 3.14. The number of benzene rings is 1. The van der Waals surface area contributed by atoms with Gasteiger partial charge in [-0.1, -0.05) is 6.07 Å². The molecule has 4 nitrogen and oxygen atoms in total. The minimum Gasteiger partial charge on any atom is -0.466 e. The molecule has 0 aliphatic carbocycles. The molecule has 1 aromatic carbocycles. The zero-order valence-corrected chi connectivity index (χ0v) is 12.4. The van der Waals surface area contributed by atoms with Crippen LogP contribution in [-0.2, 0) is 9.53 Å². The molecule has 0 atom stereocenters. The summed E-state index contributed by atoms with van der Waals surface area (Å²) in [6, 6.07) is 4.32. The quantitative estimate of drug-likeness (QED) is 0.779. The van der Waals surface area contributed by atoms with Gasteiger partial charge in [0.2, 0.25) is 0 Å². The minimum atomic E-state index is -0.595. The molecule has 0 fully saturated rings. The van der Waals surface area contributed by atoms with Crippen LogP contribution in [0.15, 0.2) is 22.7 Å². The van der Waals surface area contributed by atoms with Crippen LogP contribution in [0, 0.1) is 5.82 Å². The second-order valence-corrected chi connectivity index (χ2v) is 4.73. The predicted octanol–water partition coefficient (Wildman–Crippen LogP) is 2.61. The number of ether oxygens (including phenoxy) is 1. The zero-order valence-electron chi connectivity index (χ0n) is 10.8. The van der Waals surface area contributed by atoms with Gasteiger partial charge < -0.3 is 9.64 Å². The number of esters is 1. The summed E-state index contributed by atoms with van der Waals surface area (Å²) < 4.78 is 18.8. The lowest BCUT2D eigenvalue weighted by atomic mass is 10.2. The van der Waals surface area contributed by atoms with E-state index >= 15 is 0 Å². The minimum absolute atomic E-state index is 0.0335. The van der Waals surface area contributed by atoms with Crippen molar-refractivity contribution < 1.29 is 18.7 Å². The number of halogens is 2. The standard InChI is InChI=1S/C13H15BrFNO3/c1-3-19-11(17)7-8-16(2)13(18)12-9(14)5-4-6-10(12)15/h4-6H,3,7-8H2,1-2H3. The molecule has 19 heavy (non-hydrogen) atoms. The summed E-state index contributed by atoms with van der Waals surface area (Å²) in [6.45, 7) is 2.19. The molecule has 0 N–H and O–H groups in total. The average Bonchev–Trinajstić information content (AvgIpc) is 2.36. The Morgan fingerprint density at radius 3 is 2.68 bits per heavy atom. The van der Waals surface area contributed by atoms with Gasteiger partial charge in [-0.05, 0) is 35.0 Å². The number of carbonyl (C=O) groups is 2. The van der Waals surface area contributed by atoms with Crippen LogP contribution in [-0.4, -0.2) is 37.0 Å². The lowest BCUT2D eigenvalue weighted by molar-refractivity contribution is -0.143. The van der Waals surface area contributed by atoms with E-state index in [1.165, 1.54) is 24.1 Å². The Morgan fingerprint density at radius 1 is 1.42 bits per heavy atom. The summed E-state index contributed by atoms with van der Waals surface area (Å²) in [7, 11) is 1.51. The Balaban J connectivity index is 2.70. The molecule has 1 amide bonds. The van der Waals surface area contributed by atoms with Crippen molar-refractivity contribution in [2.75, 3.05) is 20.2 Å². The number of hydrogen-bond acceptors (Lipinski definition) is 3. The number of carbonyl (C=O) groups excluding carboxylic acids is 2. The molecule has 0 unspecified atom stereocenters. The topological polar surface area (TPSA) is 46.6 Å². The van der Waals surface area contributed by atoms with Crippen molar-refractivity contribution in [1.82, 2.24) is 4.90 Å². The average molecular weight is 332 g/mol. The number of nitrogens with zero attached hydrogens (tertiary/aromatic N) is 1. The fourth-order valence-electron chi connectivity index (χ4n) is 1.49. The second-order valence-electron chi connectivity index (χ2n) is 3.88. The van der Waals surface area contributed by atoms with Crippen molar-refractivity contribution in [2.24, 2.45) is 0 Å². The molecule has 1 rings (SSSR count). The molecule has 0 saturated carbocycles. The Labute approximate surface area is 119 Å². The molecule has 0 saturated heterocycles. The first-order chi connectivity index (χ1) is 8.97. The molecule has 0 heterocycles. The maximum atomic E-state index is 13.6. The van der Waals surface area contributed by atoms with Crippen molar-refractivity contribution >= 4 is 27.8 Å². The van der Waals surface area contributed by atoms with E-state index in [4.69, 9.17) is 4.74 Å². The number of rotatable bonds is 5. The number of amides is 1. The van der Waals surface area contributed by atoms with E-state index in [0.717, 1.165) is 0 Å². The van der Waals surface area contributed by atoms with Crippen molar-refractivity contribution in [2.45, 2.75) is 13.3 Å². The van der Waals surface area contributed by atoms with Crippen molar-refractivity contribution in [3.05, 3.63) is 34.1 Å². The number of hydrogen-bond donors (Lipinski definition) is 0. The van der Waals surface area contributed by atoms with Crippen LogP contribution in [0.3, 0.4) is 0 Å². The van der Waals surface area contributed by atoms with Gasteiger partial charge in [0.1, 0.15) is 5.82 Å². The zero-order chi connectivity index (χ0) is 14.4. The van der Waals surface area contributed by atoms with Gasteiger partial charge in [0.25, 0.3) is 5.91 Å². The molecule has 1 aromatic rings. The first-order valence-electron chi connectivity index (χ1n) is 5.82. The highest BCUT2D eigenvalue weighted by molar-refractivity contribution is 9.10. The van der Waals surface area contributed by atoms with Crippen molar-refractivity contribution in [3.8, 4) is 0 Å². The van der Waals surface area contributed by atoms with E-state index in [0.29, 0.717) is 11.1 Å². The van der Waals surface area contributed by atoms with E-state index in [1.54, 1.807) is 13.0 Å². The Hall–Kier alpha value is -1.43. The molecule has 0 aliphatic heterocycles. The van der Waals surface area contributed by atoms with Gasteiger partial charge in [-0.3, -0.25) is 9.59 Å². The van der Waals surface area contributed by atoms with Gasteiger partial charge in [0.15, 0.2) is 0 Å². The fraction of sp³-hybridized carbons (Fsp3) is 0.385. The van der Waals surface area contributed by atoms with E-state index < -0.39 is 11.7 Å². The molecular weight excluding hydrogens is 317 g/mol. The first-order valence-corrected chi connectivity index (χ1v) is 6.61. The van der Waals surface area contributed by atoms with Crippen LogP contribution < -0.4 is 0 Å². The van der Waals surface area contributed by atoms with Gasteiger partial charge in [0.05, 0.1) is 18.6 Å². The smallest absolute Gasteiger partial charge is 0.307 e. The maximum absolute atomic E-state index is 13.6. The molecule has 6 heteroatoms. The molecule has 0 aliphatic rings. The summed E-state index contributed by atoms with van der Waals surface area (Å²) in [6.07, 6.45) is 0.0855. The van der Waals surface area contributed by atoms with Gasteiger partial charge in [-0.2, -0.15) is 0 Å². The highest BCUT2D eigenvalue weighted by atomic mass is 79.9. The highest BCUT2D eigenvalue weighted by Crippen LogP contribution is 2.21. The highest BCUT2D eigenvalue weighted by Gasteiger charge is 2.19. The Kier molecular flexibility index (Phi) is 5.95. The Morgan fingerprint density at radius 2 is 2.11 bits per heavy atom. The normalized spacial score (nSPS) is 10.1. The van der Waals surface area contributed by atoms with Gasteiger partial charge in [-0.15, -0.1) is 0 Å². The van der Waals surface area contributed by atoms with Gasteiger partial charge in [0, 0.05) is 18.1 Å². The van der Waals surface area contributed by atoms with Crippen LogP contribution in [0.2, 0.25) is 0 Å². The molecule has 0 radical (unpaired) electrons. The van der Waals surface area contributed by atoms with Crippen LogP contribution in [0.1, 0.15) is 23.7 Å². The third kappa shape index (κ3) is 4.31. The van der Waals surface area contributed by atoms with Crippen LogP contribution in [0.5, 0.6) is 0 Å². The Bertz CT molecular complexity index is 459. The molecular formula is C13H15BrFNO3. The monoisotopic (exact) mass is 331 g/mol. The van der Waals surface area contributed by atoms with Crippen molar-refractivity contribution in [1.29, 1.82) is 0 Å². The molecule has 0 spiro atoms. The van der Waals surface area contributed by atoms with Crippen LogP contribution >= 0.6 is 15.9 Å². The van der Waals surface area contributed by atoms with E-state index in [1.807, 2.05) is 0 Å². The maximum Gasteiger partial charge on any atom is 0.307 e. The third-order valence-electron chi connectivity index (χ3n) is 2.48. The fourth-order valence-corrected chi connectivity index (χ4v) is 2.00. The molecule has 0 aromatic heterocycles. The lowest BCUT2D eigenvalue weighted by Crippen LogP contribution is -2.30. The first kappa shape index (κ1) is 15.6. The van der Waals surface area contributed by atoms with E-state index in [-0.39, 0.29) is 24.5 Å². The summed E-state index contributed by atoms with van der Waals surface area (Å²) >= 11 is 3.14. The van der Waals surface area contributed by atoms with Crippen LogP contribution in [0.4, 0.5) is 4.39 Å². The van der Waals surface area contributed by atoms with E-state index in [9.17, 15) is 14.0 Å². The molecule has 0 bridgehead atoms. The van der Waals surface area contributed by atoms with Crippen LogP contribution in [0.25, 0.3) is 0 Å². The van der Waals surface area contributed by atoms with Gasteiger partial charge >= 0.3 is 5.97 Å². The summed E-state index contributed by atoms with van der Waals surface area (Å²) in [5, 5.41) is 0. The predicted molar refractivity (Wildman–Crippen MR) is 72.3 cm³/mol. The van der Waals surface area contributed by atoms with Crippen molar-refractivity contribution in [3.63, 3.8) is 0 Å². The largest absolute Gasteiger partial charge is 0.466 e. The SMILES string of the molecule is CCOC(=O)CCN(C)C(=O)c1c(F)cccc1Br. The van der Waals surface area contributed by atoms with Gasteiger partial charge in [-0.25, -0.2) is 4.39 Å². The summed E-state index contributed by atoms with van der Waals surface area (Å²) in [4.78, 5) is 24.5. The van der Waals surface area contributed by atoms with E-state index in [2.05, 4.69) is 15.9 Å². The molecule has 104 valence electrons.